The molecule has 0 spiro atoms. The topological polar surface area (TPSA) is 86.9 Å². The number of carbonyl (C=O) groups excluding carboxylic acids is 1. The third kappa shape index (κ3) is 5.15. The summed E-state index contributed by atoms with van der Waals surface area (Å²) in [6, 6.07) is 14.3. The number of amides is 1. The number of rotatable bonds is 8. The maximum atomic E-state index is 12.0. The summed E-state index contributed by atoms with van der Waals surface area (Å²) in [6.07, 6.45) is 6.54. The minimum atomic E-state index is -0.0573. The summed E-state index contributed by atoms with van der Waals surface area (Å²) in [5.74, 6) is 0.285. The number of aromatic hydroxyl groups is 2. The second kappa shape index (κ2) is 9.93. The lowest BCUT2D eigenvalue weighted by Crippen LogP contribution is -2.11. The van der Waals surface area contributed by atoms with Crippen molar-refractivity contribution in [2.24, 2.45) is 4.99 Å². The van der Waals surface area contributed by atoms with E-state index in [1.54, 1.807) is 22.9 Å². The van der Waals surface area contributed by atoms with Gasteiger partial charge in [0.05, 0.1) is 10.6 Å². The van der Waals surface area contributed by atoms with Gasteiger partial charge in [-0.3, -0.25) is 14.4 Å². The molecular weight excluding hydrogens is 442 g/mol. The number of anilines is 1. The zero-order valence-corrected chi connectivity index (χ0v) is 19.0. The van der Waals surface area contributed by atoms with E-state index in [0.29, 0.717) is 22.6 Å². The van der Waals surface area contributed by atoms with Crippen molar-refractivity contribution in [3.63, 3.8) is 0 Å². The average molecular weight is 466 g/mol. The van der Waals surface area contributed by atoms with Crippen molar-refractivity contribution in [1.82, 2.24) is 4.57 Å². The van der Waals surface area contributed by atoms with Crippen LogP contribution >= 0.6 is 23.6 Å². The number of fused-ring (bicyclic) bond motifs is 1. The number of aromatic nitrogens is 1. The van der Waals surface area contributed by atoms with Crippen molar-refractivity contribution in [1.29, 1.82) is 0 Å². The molecule has 0 aliphatic carbocycles. The maximum Gasteiger partial charge on any atom is 0.224 e. The van der Waals surface area contributed by atoms with Gasteiger partial charge in [-0.05, 0) is 61.5 Å². The van der Waals surface area contributed by atoms with Gasteiger partial charge in [-0.1, -0.05) is 24.6 Å². The fourth-order valence-corrected chi connectivity index (χ4v) is 4.81. The van der Waals surface area contributed by atoms with Crippen molar-refractivity contribution >= 4 is 58.7 Å². The molecule has 0 unspecified atom stereocenters. The number of phenols is 1. The number of para-hydroxylation sites is 1. The van der Waals surface area contributed by atoms with Crippen LogP contribution in [-0.4, -0.2) is 26.9 Å². The van der Waals surface area contributed by atoms with Crippen molar-refractivity contribution in [2.45, 2.75) is 32.2 Å². The molecule has 0 fully saturated rings. The molecule has 0 atom stereocenters. The normalized spacial score (nSPS) is 13.4. The van der Waals surface area contributed by atoms with Crippen LogP contribution < -0.4 is 5.32 Å². The fourth-order valence-electron chi connectivity index (χ4n) is 3.50. The number of nitrogens with one attached hydrogen (secondary N) is 1. The molecule has 0 bridgehead atoms. The van der Waals surface area contributed by atoms with Gasteiger partial charge in [0.25, 0.3) is 0 Å². The van der Waals surface area contributed by atoms with Crippen LogP contribution in [0.5, 0.6) is 11.6 Å². The molecule has 0 radical (unpaired) electrons. The summed E-state index contributed by atoms with van der Waals surface area (Å²) in [6.45, 7) is 0.606. The summed E-state index contributed by atoms with van der Waals surface area (Å²) in [5.41, 5.74) is 3.59. The van der Waals surface area contributed by atoms with E-state index in [-0.39, 0.29) is 17.5 Å². The molecule has 1 aliphatic heterocycles. The predicted molar refractivity (Wildman–Crippen MR) is 132 cm³/mol. The molecule has 2 heterocycles. The van der Waals surface area contributed by atoms with E-state index < -0.39 is 0 Å². The van der Waals surface area contributed by atoms with Gasteiger partial charge in [0.2, 0.25) is 11.8 Å². The molecule has 0 saturated carbocycles. The Balaban J connectivity index is 1.28. The number of thiazole rings is 1. The minimum absolute atomic E-state index is 0.0573. The van der Waals surface area contributed by atoms with Gasteiger partial charge < -0.3 is 15.5 Å². The van der Waals surface area contributed by atoms with E-state index in [1.165, 1.54) is 23.5 Å². The largest absolute Gasteiger partial charge is 0.508 e. The molecule has 1 amide bonds. The van der Waals surface area contributed by atoms with E-state index in [1.807, 2.05) is 30.3 Å². The van der Waals surface area contributed by atoms with Crippen LogP contribution in [0.15, 0.2) is 53.5 Å². The quantitative estimate of drug-likeness (QED) is 0.212. The number of carbonyl (C=O) groups is 1. The molecule has 4 rings (SSSR count). The number of aliphatic imine (C=N–C) groups is 1. The molecule has 2 aromatic carbocycles. The first kappa shape index (κ1) is 22.0. The van der Waals surface area contributed by atoms with Crippen molar-refractivity contribution in [3.05, 3.63) is 62.9 Å². The SMILES string of the molecule is O=C(CCCCCn1c(O)c(/C=C2\C=Nc3ccccc32)sc1=S)Nc1ccc(O)cc1. The van der Waals surface area contributed by atoms with Crippen LogP contribution in [0, 0.1) is 3.95 Å². The van der Waals surface area contributed by atoms with Gasteiger partial charge in [0, 0.05) is 36.0 Å². The van der Waals surface area contributed by atoms with E-state index >= 15 is 0 Å². The molecule has 1 aliphatic rings. The molecule has 3 aromatic rings. The number of phenolic OH excluding ortho intramolecular Hbond substituents is 1. The summed E-state index contributed by atoms with van der Waals surface area (Å²) in [5, 5.41) is 22.8. The Kier molecular flexibility index (Phi) is 6.82. The number of nitrogens with zero attached hydrogens (tertiary/aromatic N) is 2. The second-order valence-electron chi connectivity index (χ2n) is 7.49. The van der Waals surface area contributed by atoms with Gasteiger partial charge in [0.1, 0.15) is 5.75 Å². The number of hydrogen-bond acceptors (Lipinski definition) is 6. The zero-order valence-electron chi connectivity index (χ0n) is 17.3. The molecule has 6 nitrogen and oxygen atoms in total. The maximum absolute atomic E-state index is 12.0. The molecule has 3 N–H and O–H groups in total. The highest BCUT2D eigenvalue weighted by atomic mass is 32.1. The lowest BCUT2D eigenvalue weighted by molar-refractivity contribution is -0.116. The van der Waals surface area contributed by atoms with Crippen molar-refractivity contribution < 1.29 is 15.0 Å². The third-order valence-electron chi connectivity index (χ3n) is 5.17. The van der Waals surface area contributed by atoms with Gasteiger partial charge >= 0.3 is 0 Å². The van der Waals surface area contributed by atoms with Gasteiger partial charge in [0.15, 0.2) is 3.95 Å². The first-order valence-corrected chi connectivity index (χ1v) is 11.6. The summed E-state index contributed by atoms with van der Waals surface area (Å²) < 4.78 is 2.38. The highest BCUT2D eigenvalue weighted by Gasteiger charge is 2.15. The monoisotopic (exact) mass is 465 g/mol. The lowest BCUT2D eigenvalue weighted by Gasteiger charge is -2.07. The standard InChI is InChI=1S/C24H23N3O3S2/c28-18-11-9-17(10-12-18)26-22(29)8-2-1-5-13-27-23(30)21(32-24(27)31)14-16-15-25-20-7-4-3-6-19(16)20/h3-4,6-7,9-12,14-15,28,30H,1-2,5,8,13H2,(H,26,29)/b16-14+. The first-order valence-electron chi connectivity index (χ1n) is 10.4. The van der Waals surface area contributed by atoms with E-state index in [4.69, 9.17) is 12.2 Å². The summed E-state index contributed by atoms with van der Waals surface area (Å²) in [7, 11) is 0. The highest BCUT2D eigenvalue weighted by molar-refractivity contribution is 7.73. The van der Waals surface area contributed by atoms with E-state index in [2.05, 4.69) is 10.3 Å². The zero-order chi connectivity index (χ0) is 22.5. The highest BCUT2D eigenvalue weighted by Crippen LogP contribution is 2.35. The lowest BCUT2D eigenvalue weighted by atomic mass is 10.1. The molecule has 8 heteroatoms. The van der Waals surface area contributed by atoms with Crippen LogP contribution in [-0.2, 0) is 11.3 Å². The minimum Gasteiger partial charge on any atom is -0.508 e. The van der Waals surface area contributed by atoms with Crippen molar-refractivity contribution in [3.8, 4) is 11.6 Å². The Morgan fingerprint density at radius 1 is 1.09 bits per heavy atom. The van der Waals surface area contributed by atoms with Crippen LogP contribution in [0.2, 0.25) is 0 Å². The second-order valence-corrected chi connectivity index (χ2v) is 9.16. The molecule has 0 saturated heterocycles. The van der Waals surface area contributed by atoms with Crippen LogP contribution in [0.25, 0.3) is 11.6 Å². The smallest absolute Gasteiger partial charge is 0.224 e. The number of allylic oxidation sites excluding steroid dienone is 1. The van der Waals surface area contributed by atoms with Crippen LogP contribution in [0.1, 0.15) is 36.1 Å². The molecular formula is C24H23N3O3S2. The van der Waals surface area contributed by atoms with Gasteiger partial charge in [-0.15, -0.1) is 11.3 Å². The van der Waals surface area contributed by atoms with Gasteiger partial charge in [-0.25, -0.2) is 0 Å². The Morgan fingerprint density at radius 2 is 1.88 bits per heavy atom. The Morgan fingerprint density at radius 3 is 2.69 bits per heavy atom. The van der Waals surface area contributed by atoms with Gasteiger partial charge in [-0.2, -0.15) is 0 Å². The van der Waals surface area contributed by atoms with E-state index in [9.17, 15) is 15.0 Å². The first-order chi connectivity index (χ1) is 15.5. The predicted octanol–water partition coefficient (Wildman–Crippen LogP) is 6.15. The Bertz CT molecular complexity index is 1240. The van der Waals surface area contributed by atoms with Crippen LogP contribution in [0.3, 0.4) is 0 Å². The fraction of sp³-hybridized carbons (Fsp3) is 0.208. The Hall–Kier alpha value is -3.23. The summed E-state index contributed by atoms with van der Waals surface area (Å²) in [4.78, 5) is 17.2. The third-order valence-corrected chi connectivity index (χ3v) is 6.56. The molecule has 1 aromatic heterocycles. The molecule has 32 heavy (non-hydrogen) atoms. The number of benzene rings is 2. The number of hydrogen-bond donors (Lipinski definition) is 3. The number of unbranched alkanes of at least 4 members (excludes halogenated alkanes) is 2. The average Bonchev–Trinajstić information content (AvgIpc) is 3.31. The summed E-state index contributed by atoms with van der Waals surface area (Å²) >= 11 is 6.84. The Labute approximate surface area is 195 Å². The van der Waals surface area contributed by atoms with Crippen molar-refractivity contribution in [2.75, 3.05) is 5.32 Å². The van der Waals surface area contributed by atoms with Crippen LogP contribution in [0.4, 0.5) is 11.4 Å². The molecule has 164 valence electrons. The van der Waals surface area contributed by atoms with E-state index in [0.717, 1.165) is 41.0 Å².